The molecule has 138 valence electrons. The minimum Gasteiger partial charge on any atom is -0.467 e. The van der Waals surface area contributed by atoms with Gasteiger partial charge >= 0.3 is 12.1 Å². The molecule has 1 heterocycles. The van der Waals surface area contributed by atoms with E-state index in [2.05, 4.69) is 5.32 Å². The van der Waals surface area contributed by atoms with Gasteiger partial charge in [0, 0.05) is 33.0 Å². The van der Waals surface area contributed by atoms with Gasteiger partial charge < -0.3 is 24.4 Å². The summed E-state index contributed by atoms with van der Waals surface area (Å²) in [6, 6.07) is -0.650. The first-order valence-electron chi connectivity index (χ1n) is 8.05. The maximum Gasteiger partial charge on any atom is 0.407 e. The zero-order valence-electron chi connectivity index (χ0n) is 15.1. The minimum absolute atomic E-state index is 0.0713. The number of carbonyl (C=O) groups excluding carboxylic acids is 3. The van der Waals surface area contributed by atoms with Crippen LogP contribution in [-0.2, 0) is 23.8 Å². The molecule has 1 aliphatic heterocycles. The summed E-state index contributed by atoms with van der Waals surface area (Å²) in [5, 5.41) is 2.54. The highest BCUT2D eigenvalue weighted by atomic mass is 16.6. The molecule has 24 heavy (non-hydrogen) atoms. The van der Waals surface area contributed by atoms with Gasteiger partial charge in [0.2, 0.25) is 5.91 Å². The van der Waals surface area contributed by atoms with Crippen LogP contribution < -0.4 is 5.32 Å². The van der Waals surface area contributed by atoms with Crippen molar-refractivity contribution in [2.24, 2.45) is 0 Å². The Morgan fingerprint density at radius 1 is 1.21 bits per heavy atom. The predicted octanol–water partition coefficient (Wildman–Crippen LogP) is 1.08. The molecule has 1 fully saturated rings. The van der Waals surface area contributed by atoms with Gasteiger partial charge in [0.15, 0.2) is 0 Å². The quantitative estimate of drug-likeness (QED) is 0.750. The molecule has 0 aromatic carbocycles. The highest BCUT2D eigenvalue weighted by Gasteiger charge is 2.36. The number of amides is 2. The normalized spacial score (nSPS) is 21.1. The van der Waals surface area contributed by atoms with E-state index in [0.717, 1.165) is 0 Å². The van der Waals surface area contributed by atoms with Gasteiger partial charge in [0.05, 0.1) is 13.2 Å². The van der Waals surface area contributed by atoms with Crippen molar-refractivity contribution in [3.63, 3.8) is 0 Å². The summed E-state index contributed by atoms with van der Waals surface area (Å²) in [4.78, 5) is 37.4. The molecular formula is C16H28N2O6. The Hall–Kier alpha value is -1.83. The van der Waals surface area contributed by atoms with E-state index in [1.165, 1.54) is 12.0 Å². The zero-order chi connectivity index (χ0) is 18.3. The van der Waals surface area contributed by atoms with E-state index in [-0.39, 0.29) is 25.0 Å². The number of nitrogens with zero attached hydrogens (tertiary/aromatic N) is 1. The number of hydrogen-bond donors (Lipinski definition) is 1. The molecule has 1 N–H and O–H groups in total. The van der Waals surface area contributed by atoms with Crippen LogP contribution in [0, 0.1) is 0 Å². The van der Waals surface area contributed by atoms with Crippen molar-refractivity contribution in [3.8, 4) is 0 Å². The van der Waals surface area contributed by atoms with Crippen molar-refractivity contribution in [2.45, 2.75) is 57.8 Å². The molecular weight excluding hydrogens is 316 g/mol. The van der Waals surface area contributed by atoms with Crippen LogP contribution in [0.1, 0.15) is 40.0 Å². The molecule has 8 heteroatoms. The summed E-state index contributed by atoms with van der Waals surface area (Å²) < 4.78 is 15.2. The summed E-state index contributed by atoms with van der Waals surface area (Å²) >= 11 is 0. The highest BCUT2D eigenvalue weighted by molar-refractivity contribution is 5.85. The summed E-state index contributed by atoms with van der Waals surface area (Å²) in [5.74, 6) is -0.666. The molecule has 8 nitrogen and oxygen atoms in total. The van der Waals surface area contributed by atoms with Gasteiger partial charge in [-0.05, 0) is 27.2 Å². The number of hydrogen-bond acceptors (Lipinski definition) is 6. The van der Waals surface area contributed by atoms with E-state index in [9.17, 15) is 14.4 Å². The first kappa shape index (κ1) is 20.2. The second-order valence-electron chi connectivity index (χ2n) is 6.69. The average Bonchev–Trinajstić information content (AvgIpc) is 2.51. The number of esters is 1. The van der Waals surface area contributed by atoms with Crippen LogP contribution in [0.25, 0.3) is 0 Å². The molecule has 0 aromatic rings. The largest absolute Gasteiger partial charge is 0.467 e. The number of carbonyl (C=O) groups is 3. The third kappa shape index (κ3) is 6.35. The van der Waals surface area contributed by atoms with Crippen molar-refractivity contribution in [2.75, 3.05) is 27.3 Å². The van der Waals surface area contributed by atoms with Crippen LogP contribution in [0.3, 0.4) is 0 Å². The Balaban J connectivity index is 2.52. The summed E-state index contributed by atoms with van der Waals surface area (Å²) in [6.45, 7) is 5.85. The maximum atomic E-state index is 12.4. The molecule has 0 radical (unpaired) electrons. The lowest BCUT2D eigenvalue weighted by molar-refractivity contribution is -0.157. The molecule has 0 saturated carbocycles. The van der Waals surface area contributed by atoms with Crippen LogP contribution >= 0.6 is 0 Å². The van der Waals surface area contributed by atoms with Crippen molar-refractivity contribution in [3.05, 3.63) is 0 Å². The van der Waals surface area contributed by atoms with Crippen molar-refractivity contribution in [1.82, 2.24) is 10.2 Å². The maximum absolute atomic E-state index is 12.4. The van der Waals surface area contributed by atoms with E-state index in [4.69, 9.17) is 14.2 Å². The fourth-order valence-electron chi connectivity index (χ4n) is 2.53. The molecule has 2 amide bonds. The van der Waals surface area contributed by atoms with Crippen molar-refractivity contribution < 1.29 is 28.6 Å². The fraction of sp³-hybridized carbons (Fsp3) is 0.812. The number of likely N-dealkylation sites (tertiary alicyclic amines) is 1. The smallest absolute Gasteiger partial charge is 0.407 e. The molecule has 0 aliphatic carbocycles. The average molecular weight is 344 g/mol. The van der Waals surface area contributed by atoms with Crippen LogP contribution in [0.2, 0.25) is 0 Å². The molecule has 0 spiro atoms. The summed E-state index contributed by atoms with van der Waals surface area (Å²) in [5.41, 5.74) is -0.591. The fourth-order valence-corrected chi connectivity index (χ4v) is 2.53. The molecule has 0 aromatic heterocycles. The van der Waals surface area contributed by atoms with E-state index >= 15 is 0 Å². The van der Waals surface area contributed by atoms with E-state index in [0.29, 0.717) is 19.4 Å². The topological polar surface area (TPSA) is 94.2 Å². The van der Waals surface area contributed by atoms with Crippen molar-refractivity contribution >= 4 is 18.0 Å². The molecule has 0 bridgehead atoms. The predicted molar refractivity (Wildman–Crippen MR) is 86.4 cm³/mol. The van der Waals surface area contributed by atoms with Crippen LogP contribution in [0.15, 0.2) is 0 Å². The first-order chi connectivity index (χ1) is 11.2. The first-order valence-corrected chi connectivity index (χ1v) is 8.05. The van der Waals surface area contributed by atoms with Crippen LogP contribution in [0.4, 0.5) is 4.79 Å². The number of piperidine rings is 1. The molecule has 0 unspecified atom stereocenters. The van der Waals surface area contributed by atoms with Gasteiger partial charge in [0.25, 0.3) is 0 Å². The van der Waals surface area contributed by atoms with Gasteiger partial charge in [-0.25, -0.2) is 9.59 Å². The lowest BCUT2D eigenvalue weighted by atomic mass is 9.98. The van der Waals surface area contributed by atoms with Gasteiger partial charge in [-0.2, -0.15) is 0 Å². The number of nitrogens with one attached hydrogen (secondary N) is 1. The van der Waals surface area contributed by atoms with Crippen LogP contribution in [0.5, 0.6) is 0 Å². The number of ether oxygens (including phenoxy) is 3. The summed E-state index contributed by atoms with van der Waals surface area (Å²) in [6.07, 6.45) is 0.518. The lowest BCUT2D eigenvalue weighted by Gasteiger charge is -2.37. The second-order valence-corrected chi connectivity index (χ2v) is 6.69. The minimum atomic E-state index is -0.650. The molecule has 1 aliphatic rings. The Bertz CT molecular complexity index is 460. The lowest BCUT2D eigenvalue weighted by Crippen LogP contribution is -2.52. The Labute approximate surface area is 142 Å². The van der Waals surface area contributed by atoms with Crippen LogP contribution in [-0.4, -0.2) is 67.9 Å². The van der Waals surface area contributed by atoms with Gasteiger partial charge in [-0.15, -0.1) is 0 Å². The highest BCUT2D eigenvalue weighted by Crippen LogP contribution is 2.21. The van der Waals surface area contributed by atoms with Gasteiger partial charge in [0.1, 0.15) is 11.6 Å². The summed E-state index contributed by atoms with van der Waals surface area (Å²) in [7, 11) is 2.88. The third-order valence-electron chi connectivity index (χ3n) is 3.69. The third-order valence-corrected chi connectivity index (χ3v) is 3.69. The Kier molecular flexibility index (Phi) is 7.47. The molecule has 1 rings (SSSR count). The number of alkyl carbamates (subject to hydrolysis) is 1. The Morgan fingerprint density at radius 3 is 2.42 bits per heavy atom. The van der Waals surface area contributed by atoms with Crippen molar-refractivity contribution in [1.29, 1.82) is 0 Å². The van der Waals surface area contributed by atoms with E-state index < -0.39 is 23.7 Å². The molecule has 1 saturated heterocycles. The number of methoxy groups -OCH3 is 2. The second kappa shape index (κ2) is 8.86. The molecule has 2 atom stereocenters. The van der Waals surface area contributed by atoms with Gasteiger partial charge in [-0.1, -0.05) is 0 Å². The zero-order valence-corrected chi connectivity index (χ0v) is 15.1. The SMILES string of the molecule is COC(=O)[C@@H]1C[C@H](OC)CCN1C(=O)CCNC(=O)OC(C)(C)C. The standard InChI is InChI=1S/C16H28N2O6/c1-16(2,3)24-15(21)17-8-6-13(19)18-9-7-11(22-4)10-12(18)14(20)23-5/h11-12H,6-10H2,1-5H3,(H,17,21)/t11-,12+/m1/s1. The Morgan fingerprint density at radius 2 is 1.88 bits per heavy atom. The monoisotopic (exact) mass is 344 g/mol. The van der Waals surface area contributed by atoms with E-state index in [1.54, 1.807) is 27.9 Å². The van der Waals surface area contributed by atoms with E-state index in [1.807, 2.05) is 0 Å². The van der Waals surface area contributed by atoms with Gasteiger partial charge in [-0.3, -0.25) is 4.79 Å². The number of rotatable bonds is 5.